The van der Waals surface area contributed by atoms with Crippen molar-refractivity contribution >= 4 is 10.9 Å². The van der Waals surface area contributed by atoms with Gasteiger partial charge in [0.15, 0.2) is 0 Å². The van der Waals surface area contributed by atoms with Crippen LogP contribution >= 0.6 is 0 Å². The quantitative estimate of drug-likeness (QED) is 0.207. The number of hydrogen-bond donors (Lipinski definition) is 2. The molecule has 0 amide bonds. The van der Waals surface area contributed by atoms with Gasteiger partial charge in [-0.05, 0) is 89.6 Å². The predicted molar refractivity (Wildman–Crippen MR) is 171 cm³/mol. The van der Waals surface area contributed by atoms with E-state index in [1.54, 1.807) is 6.07 Å². The number of H-pyrrole nitrogens is 1. The molecule has 218 valence electrons. The Morgan fingerprint density at radius 3 is 2.12 bits per heavy atom. The molecule has 0 fully saturated rings. The number of nitrogens with one attached hydrogen (secondary N) is 1. The molecule has 7 rings (SSSR count). The van der Waals surface area contributed by atoms with Gasteiger partial charge in [-0.1, -0.05) is 78.9 Å². The topological polar surface area (TPSA) is 65.6 Å². The third-order valence-electron chi connectivity index (χ3n) is 9.21. The second kappa shape index (κ2) is 12.2. The summed E-state index contributed by atoms with van der Waals surface area (Å²) in [5.41, 5.74) is 9.53. The van der Waals surface area contributed by atoms with Crippen LogP contribution in [0.1, 0.15) is 57.9 Å². The largest absolute Gasteiger partial charge is 0.487 e. The van der Waals surface area contributed by atoms with Gasteiger partial charge in [0.1, 0.15) is 12.4 Å². The second-order valence-electron chi connectivity index (χ2n) is 12.1. The zero-order valence-corrected chi connectivity index (χ0v) is 24.5. The number of ether oxygens (including phenoxy) is 1. The maximum absolute atomic E-state index is 12.4. The molecule has 0 radical (unpaired) electrons. The third-order valence-corrected chi connectivity index (χ3v) is 9.21. The second-order valence-corrected chi connectivity index (χ2v) is 12.1. The maximum atomic E-state index is 12.4. The van der Waals surface area contributed by atoms with Crippen molar-refractivity contribution in [3.8, 4) is 5.75 Å². The van der Waals surface area contributed by atoms with Crippen molar-refractivity contribution in [3.63, 3.8) is 0 Å². The fourth-order valence-corrected chi connectivity index (χ4v) is 6.98. The van der Waals surface area contributed by atoms with Gasteiger partial charge in [-0.15, -0.1) is 0 Å². The molecule has 0 unspecified atom stereocenters. The van der Waals surface area contributed by atoms with Crippen molar-refractivity contribution in [1.29, 1.82) is 0 Å². The van der Waals surface area contributed by atoms with Gasteiger partial charge in [0, 0.05) is 30.6 Å². The SMILES string of the molecule is O=c1ccc2c([C@H](O)CN(Cc3ccccc3)C3Cc4cc5c(cc4C3)CCCC5)ccc(OCc3ccccc3)c2[nH]1. The van der Waals surface area contributed by atoms with Gasteiger partial charge in [-0.2, -0.15) is 0 Å². The highest BCUT2D eigenvalue weighted by molar-refractivity contribution is 5.87. The zero-order valence-electron chi connectivity index (χ0n) is 24.5. The van der Waals surface area contributed by atoms with E-state index in [-0.39, 0.29) is 5.56 Å². The summed E-state index contributed by atoms with van der Waals surface area (Å²) >= 11 is 0. The minimum Gasteiger partial charge on any atom is -0.487 e. The van der Waals surface area contributed by atoms with Crippen LogP contribution in [0.3, 0.4) is 0 Å². The summed E-state index contributed by atoms with van der Waals surface area (Å²) in [5, 5.41) is 12.6. The van der Waals surface area contributed by atoms with Crippen molar-refractivity contribution in [3.05, 3.63) is 146 Å². The van der Waals surface area contributed by atoms with Crippen LogP contribution in [0.15, 0.2) is 102 Å². The van der Waals surface area contributed by atoms with Crippen LogP contribution in [0.4, 0.5) is 0 Å². The van der Waals surface area contributed by atoms with Gasteiger partial charge >= 0.3 is 0 Å². The molecular formula is C38H38N2O3. The van der Waals surface area contributed by atoms with Gasteiger partial charge in [-0.3, -0.25) is 9.69 Å². The number of aromatic amines is 1. The highest BCUT2D eigenvalue weighted by atomic mass is 16.5. The first-order valence-corrected chi connectivity index (χ1v) is 15.5. The molecule has 1 atom stereocenters. The summed E-state index contributed by atoms with van der Waals surface area (Å²) in [7, 11) is 0. The van der Waals surface area contributed by atoms with E-state index in [0.29, 0.717) is 30.5 Å². The fourth-order valence-electron chi connectivity index (χ4n) is 6.98. The number of rotatable bonds is 9. The molecule has 2 aliphatic rings. The minimum absolute atomic E-state index is 0.194. The lowest BCUT2D eigenvalue weighted by Crippen LogP contribution is -2.38. The van der Waals surface area contributed by atoms with Crippen molar-refractivity contribution in [2.45, 2.75) is 63.8 Å². The molecule has 0 saturated carbocycles. The molecular weight excluding hydrogens is 532 g/mol. The molecule has 2 aliphatic carbocycles. The van der Waals surface area contributed by atoms with E-state index in [1.165, 1.54) is 59.6 Å². The molecule has 0 spiro atoms. The van der Waals surface area contributed by atoms with Crippen LogP contribution in [-0.2, 0) is 38.8 Å². The van der Waals surface area contributed by atoms with E-state index in [4.69, 9.17) is 4.74 Å². The van der Waals surface area contributed by atoms with Gasteiger partial charge in [0.05, 0.1) is 11.6 Å². The van der Waals surface area contributed by atoms with Gasteiger partial charge in [0.2, 0.25) is 5.56 Å². The number of aliphatic hydroxyl groups is 1. The Hall–Kier alpha value is -4.19. The highest BCUT2D eigenvalue weighted by Gasteiger charge is 2.30. The molecule has 2 N–H and O–H groups in total. The molecule has 5 nitrogen and oxygen atoms in total. The highest BCUT2D eigenvalue weighted by Crippen LogP contribution is 2.35. The number of fused-ring (bicyclic) bond motifs is 3. The van der Waals surface area contributed by atoms with Crippen LogP contribution in [0.2, 0.25) is 0 Å². The summed E-state index contributed by atoms with van der Waals surface area (Å²) in [6.45, 7) is 1.65. The van der Waals surface area contributed by atoms with Crippen LogP contribution in [0, 0.1) is 0 Å². The molecule has 0 saturated heterocycles. The van der Waals surface area contributed by atoms with Crippen LogP contribution in [-0.4, -0.2) is 27.6 Å². The number of nitrogens with zero attached hydrogens (tertiary/aromatic N) is 1. The van der Waals surface area contributed by atoms with Crippen molar-refractivity contribution in [2.24, 2.45) is 0 Å². The average Bonchev–Trinajstić information content (AvgIpc) is 3.46. The van der Waals surface area contributed by atoms with Crippen molar-refractivity contribution in [1.82, 2.24) is 9.88 Å². The molecule has 1 heterocycles. The van der Waals surface area contributed by atoms with E-state index in [1.807, 2.05) is 48.5 Å². The Labute approximate surface area is 252 Å². The lowest BCUT2D eigenvalue weighted by molar-refractivity contribution is 0.0844. The molecule has 5 aromatic rings. The summed E-state index contributed by atoms with van der Waals surface area (Å²) in [6, 6.07) is 32.9. The third kappa shape index (κ3) is 6.01. The zero-order chi connectivity index (χ0) is 29.2. The first-order valence-electron chi connectivity index (χ1n) is 15.5. The van der Waals surface area contributed by atoms with Crippen LogP contribution in [0.25, 0.3) is 10.9 Å². The molecule has 43 heavy (non-hydrogen) atoms. The smallest absolute Gasteiger partial charge is 0.248 e. The Morgan fingerprint density at radius 2 is 1.44 bits per heavy atom. The van der Waals surface area contributed by atoms with E-state index >= 15 is 0 Å². The number of aromatic nitrogens is 1. The van der Waals surface area contributed by atoms with E-state index in [2.05, 4.69) is 46.3 Å². The lowest BCUT2D eigenvalue weighted by Gasteiger charge is -2.31. The van der Waals surface area contributed by atoms with Crippen LogP contribution in [0.5, 0.6) is 5.75 Å². The Morgan fingerprint density at radius 1 is 0.791 bits per heavy atom. The fraction of sp³-hybridized carbons (Fsp3) is 0.289. The summed E-state index contributed by atoms with van der Waals surface area (Å²) in [5.74, 6) is 0.601. The minimum atomic E-state index is -0.739. The van der Waals surface area contributed by atoms with Crippen molar-refractivity contribution in [2.75, 3.05) is 6.54 Å². The monoisotopic (exact) mass is 570 g/mol. The number of hydrogen-bond acceptors (Lipinski definition) is 4. The van der Waals surface area contributed by atoms with E-state index in [9.17, 15) is 9.90 Å². The summed E-state index contributed by atoms with van der Waals surface area (Å²) in [6.07, 6.45) is 6.23. The molecule has 5 heteroatoms. The Balaban J connectivity index is 1.17. The number of pyridine rings is 1. The van der Waals surface area contributed by atoms with Crippen LogP contribution < -0.4 is 10.3 Å². The molecule has 1 aromatic heterocycles. The Kier molecular flexibility index (Phi) is 7.84. The molecule has 0 aliphatic heterocycles. The maximum Gasteiger partial charge on any atom is 0.248 e. The van der Waals surface area contributed by atoms with Gasteiger partial charge in [-0.25, -0.2) is 0 Å². The predicted octanol–water partition coefficient (Wildman–Crippen LogP) is 6.69. The lowest BCUT2D eigenvalue weighted by atomic mass is 9.89. The first kappa shape index (κ1) is 27.6. The molecule has 0 bridgehead atoms. The average molecular weight is 571 g/mol. The van der Waals surface area contributed by atoms with Gasteiger partial charge < -0.3 is 14.8 Å². The summed E-state index contributed by atoms with van der Waals surface area (Å²) < 4.78 is 6.15. The van der Waals surface area contributed by atoms with E-state index in [0.717, 1.165) is 35.9 Å². The first-order chi connectivity index (χ1) is 21.1. The van der Waals surface area contributed by atoms with Crippen molar-refractivity contribution < 1.29 is 9.84 Å². The standard InChI is InChI=1S/C38H38N2O3/c41-35(33-15-17-36(38-34(33)16-18-37(42)39-38)43-25-27-11-5-2-6-12-27)24-40(23-26-9-3-1-4-10-26)32-21-30-19-28-13-7-8-14-29(28)20-31(30)22-32/h1-6,9-12,15-20,32,35,41H,7-8,13-14,21-25H2,(H,39,42)/t35-/m1/s1. The Bertz CT molecular complexity index is 1750. The van der Waals surface area contributed by atoms with Gasteiger partial charge in [0.25, 0.3) is 0 Å². The van der Waals surface area contributed by atoms with E-state index < -0.39 is 6.10 Å². The summed E-state index contributed by atoms with van der Waals surface area (Å²) in [4.78, 5) is 17.8. The number of aryl methyl sites for hydroxylation is 2. The number of aliphatic hydroxyl groups excluding tert-OH is 1. The number of benzene rings is 4. The normalized spacial score (nSPS) is 15.4. The molecule has 4 aromatic carbocycles.